The van der Waals surface area contributed by atoms with E-state index >= 15 is 0 Å². The number of ketones is 1. The lowest BCUT2D eigenvalue weighted by atomic mass is 9.82. The van der Waals surface area contributed by atoms with Crippen LogP contribution in [0.15, 0.2) is 0 Å². The molecule has 2 unspecified atom stereocenters. The molecule has 1 N–H and O–H groups in total. The number of hydrogen-bond donors (Lipinski definition) is 1. The Hall–Kier alpha value is -0.370. The molecular formula is C18H40O2. The first-order chi connectivity index (χ1) is 9.29. The molecule has 2 atom stereocenters. The summed E-state index contributed by atoms with van der Waals surface area (Å²) in [5.74, 6) is 1.78. The van der Waals surface area contributed by atoms with Gasteiger partial charge in [-0.1, -0.05) is 81.1 Å². The van der Waals surface area contributed by atoms with Gasteiger partial charge in [-0.25, -0.2) is 0 Å². The van der Waals surface area contributed by atoms with E-state index in [1.54, 1.807) is 0 Å². The van der Waals surface area contributed by atoms with Crippen LogP contribution < -0.4 is 0 Å². The lowest BCUT2D eigenvalue weighted by Crippen LogP contribution is -2.26. The molecule has 0 fully saturated rings. The number of hydrogen-bond acceptors (Lipinski definition) is 2. The number of rotatable bonds is 7. The van der Waals surface area contributed by atoms with Gasteiger partial charge in [0.1, 0.15) is 5.78 Å². The van der Waals surface area contributed by atoms with E-state index < -0.39 is 0 Å². The highest BCUT2D eigenvalue weighted by Gasteiger charge is 2.24. The molecule has 124 valence electrons. The third kappa shape index (κ3) is 14.0. The van der Waals surface area contributed by atoms with Crippen LogP contribution in [-0.4, -0.2) is 18.0 Å². The summed E-state index contributed by atoms with van der Waals surface area (Å²) in [6, 6.07) is 0. The van der Waals surface area contributed by atoms with Gasteiger partial charge in [0.25, 0.3) is 0 Å². The number of aliphatic hydroxyl groups excluding tert-OH is 1. The minimum atomic E-state index is 0.211. The Morgan fingerprint density at radius 3 is 1.15 bits per heavy atom. The van der Waals surface area contributed by atoms with Crippen LogP contribution in [0.5, 0.6) is 0 Å². The Morgan fingerprint density at radius 2 is 1.00 bits per heavy atom. The molecule has 0 spiro atoms. The van der Waals surface area contributed by atoms with Gasteiger partial charge in [-0.05, 0) is 11.8 Å². The highest BCUT2D eigenvalue weighted by molar-refractivity contribution is 5.83. The fraction of sp³-hybridized carbons (Fsp3) is 0.944. The molecule has 0 amide bonds. The minimum Gasteiger partial charge on any atom is -0.400 e. The van der Waals surface area contributed by atoms with Crippen LogP contribution in [0.1, 0.15) is 81.1 Å². The fourth-order valence-corrected chi connectivity index (χ4v) is 1.57. The van der Waals surface area contributed by atoms with Crippen LogP contribution in [0, 0.1) is 23.7 Å². The Kier molecular flexibility index (Phi) is 20.6. The molecule has 20 heavy (non-hydrogen) atoms. The third-order valence-corrected chi connectivity index (χ3v) is 3.85. The number of Topliss-reactive ketones (excluding diaryl/α,β-unsaturated/α-hetero) is 1. The largest absolute Gasteiger partial charge is 0.400 e. The van der Waals surface area contributed by atoms with Crippen LogP contribution in [-0.2, 0) is 4.79 Å². The summed E-state index contributed by atoms with van der Waals surface area (Å²) in [5.41, 5.74) is 0. The van der Waals surface area contributed by atoms with E-state index in [0.717, 1.165) is 7.11 Å². The summed E-state index contributed by atoms with van der Waals surface area (Å²) in [4.78, 5) is 11.7. The predicted molar refractivity (Wildman–Crippen MR) is 91.0 cm³/mol. The van der Waals surface area contributed by atoms with Crippen molar-refractivity contribution in [1.82, 2.24) is 0 Å². The topological polar surface area (TPSA) is 37.3 Å². The van der Waals surface area contributed by atoms with Crippen molar-refractivity contribution >= 4 is 5.78 Å². The first-order valence-corrected chi connectivity index (χ1v) is 8.27. The Balaban J connectivity index is -0.000000304. The molecule has 0 saturated carbocycles. The molecule has 0 aliphatic carbocycles. The van der Waals surface area contributed by atoms with Gasteiger partial charge in [-0.15, -0.1) is 0 Å². The predicted octanol–water partition coefficient (Wildman–Crippen LogP) is 5.33. The molecule has 2 nitrogen and oxygen atoms in total. The Morgan fingerprint density at radius 1 is 0.750 bits per heavy atom. The van der Waals surface area contributed by atoms with Crippen molar-refractivity contribution in [2.75, 3.05) is 7.11 Å². The molecule has 0 aliphatic rings. The van der Waals surface area contributed by atoms with Crippen LogP contribution in [0.4, 0.5) is 0 Å². The summed E-state index contributed by atoms with van der Waals surface area (Å²) < 4.78 is 0. The van der Waals surface area contributed by atoms with Gasteiger partial charge in [0.15, 0.2) is 0 Å². The normalized spacial score (nSPS) is 13.0. The number of carbonyl (C=O) groups is 1. The monoisotopic (exact) mass is 288 g/mol. The molecule has 0 saturated heterocycles. The fourth-order valence-electron chi connectivity index (χ4n) is 1.57. The van der Waals surface area contributed by atoms with Gasteiger partial charge < -0.3 is 5.11 Å². The second kappa shape index (κ2) is 16.7. The first kappa shape index (κ1) is 24.6. The van der Waals surface area contributed by atoms with Crippen molar-refractivity contribution in [3.8, 4) is 0 Å². The van der Waals surface area contributed by atoms with Gasteiger partial charge in [0.2, 0.25) is 0 Å². The molecule has 2 heteroatoms. The van der Waals surface area contributed by atoms with E-state index in [9.17, 15) is 4.79 Å². The van der Waals surface area contributed by atoms with E-state index in [0.29, 0.717) is 17.6 Å². The quantitative estimate of drug-likeness (QED) is 0.642. The summed E-state index contributed by atoms with van der Waals surface area (Å²) in [6.45, 7) is 17.0. The molecule has 0 aliphatic heterocycles. The maximum absolute atomic E-state index is 11.7. The molecule has 0 aromatic rings. The van der Waals surface area contributed by atoms with Crippen molar-refractivity contribution in [3.05, 3.63) is 0 Å². The van der Waals surface area contributed by atoms with Crippen molar-refractivity contribution in [1.29, 1.82) is 0 Å². The first-order valence-electron chi connectivity index (χ1n) is 8.27. The molecule has 0 bridgehead atoms. The summed E-state index contributed by atoms with van der Waals surface area (Å²) >= 11 is 0. The summed E-state index contributed by atoms with van der Waals surface area (Å²) in [5, 5.41) is 7.00. The van der Waals surface area contributed by atoms with Crippen LogP contribution >= 0.6 is 0 Å². The van der Waals surface area contributed by atoms with E-state index in [2.05, 4.69) is 41.5 Å². The Bertz CT molecular complexity index is 178. The smallest absolute Gasteiger partial charge is 0.138 e. The molecule has 0 aromatic carbocycles. The number of carbonyl (C=O) groups excluding carboxylic acids is 1. The molecule has 0 radical (unpaired) electrons. The summed E-state index contributed by atoms with van der Waals surface area (Å²) in [6.07, 6.45) is 5.54. The van der Waals surface area contributed by atoms with Gasteiger partial charge in [0.05, 0.1) is 0 Å². The zero-order valence-corrected chi connectivity index (χ0v) is 15.5. The zero-order valence-electron chi connectivity index (χ0n) is 15.5. The van der Waals surface area contributed by atoms with E-state index in [1.165, 1.54) is 25.7 Å². The number of unbranched alkanes of at least 4 members (excludes halogenated alkanes) is 3. The van der Waals surface area contributed by atoms with Crippen LogP contribution in [0.2, 0.25) is 0 Å². The van der Waals surface area contributed by atoms with Gasteiger partial charge in [-0.3, -0.25) is 4.79 Å². The Labute approximate surface area is 128 Å². The van der Waals surface area contributed by atoms with Crippen molar-refractivity contribution in [3.63, 3.8) is 0 Å². The van der Waals surface area contributed by atoms with Gasteiger partial charge in [-0.2, -0.15) is 0 Å². The standard InChI is InChI=1S/C11H22O.C6H14.CH4O/c1-7(2)9(5)11(12)10(6)8(3)4;1-3-5-6-4-2;1-2/h7-10H,1-6H3;3-6H2,1-2H3;2H,1H3. The van der Waals surface area contributed by atoms with Crippen molar-refractivity contribution in [2.45, 2.75) is 81.1 Å². The van der Waals surface area contributed by atoms with Crippen molar-refractivity contribution in [2.24, 2.45) is 23.7 Å². The average molecular weight is 289 g/mol. The molecule has 0 rings (SSSR count). The maximum Gasteiger partial charge on any atom is 0.138 e. The van der Waals surface area contributed by atoms with Crippen molar-refractivity contribution < 1.29 is 9.90 Å². The van der Waals surface area contributed by atoms with Crippen LogP contribution in [0.25, 0.3) is 0 Å². The average Bonchev–Trinajstić information content (AvgIpc) is 2.45. The minimum absolute atomic E-state index is 0.211. The summed E-state index contributed by atoms with van der Waals surface area (Å²) in [7, 11) is 1.00. The van der Waals surface area contributed by atoms with E-state index in [-0.39, 0.29) is 11.8 Å². The van der Waals surface area contributed by atoms with Gasteiger partial charge in [0, 0.05) is 18.9 Å². The molecular weight excluding hydrogens is 248 g/mol. The van der Waals surface area contributed by atoms with Crippen LogP contribution in [0.3, 0.4) is 0 Å². The van der Waals surface area contributed by atoms with E-state index in [4.69, 9.17) is 5.11 Å². The SMILES string of the molecule is CC(C)C(C)C(=O)C(C)C(C)C.CCCCCC.CO. The second-order valence-corrected chi connectivity index (χ2v) is 6.17. The lowest BCUT2D eigenvalue weighted by Gasteiger charge is -2.21. The number of aliphatic hydroxyl groups is 1. The molecule has 0 aromatic heterocycles. The highest BCUT2D eigenvalue weighted by atomic mass is 16.2. The molecule has 0 heterocycles. The maximum atomic E-state index is 11.7. The van der Waals surface area contributed by atoms with E-state index in [1.807, 2.05) is 13.8 Å². The third-order valence-electron chi connectivity index (χ3n) is 3.85. The highest BCUT2D eigenvalue weighted by Crippen LogP contribution is 2.20. The lowest BCUT2D eigenvalue weighted by molar-refractivity contribution is -0.128. The second-order valence-electron chi connectivity index (χ2n) is 6.17. The zero-order chi connectivity index (χ0) is 16.7. The van der Waals surface area contributed by atoms with Gasteiger partial charge >= 0.3 is 0 Å².